The van der Waals surface area contributed by atoms with Crippen molar-refractivity contribution in [2.45, 2.75) is 20.0 Å². The summed E-state index contributed by atoms with van der Waals surface area (Å²) in [4.78, 5) is 23.3. The van der Waals surface area contributed by atoms with Crippen molar-refractivity contribution in [2.24, 2.45) is 0 Å². The van der Waals surface area contributed by atoms with Crippen LogP contribution in [0.1, 0.15) is 29.2 Å². The second kappa shape index (κ2) is 6.09. The van der Waals surface area contributed by atoms with Gasteiger partial charge >= 0.3 is 5.97 Å². The second-order valence-corrected chi connectivity index (χ2v) is 6.07. The van der Waals surface area contributed by atoms with E-state index in [1.807, 2.05) is 42.5 Å². The maximum Gasteiger partial charge on any atom is 0.302 e. The molecule has 2 aromatic carbocycles. The van der Waals surface area contributed by atoms with Crippen molar-refractivity contribution in [3.05, 3.63) is 64.7 Å². The Morgan fingerprint density at radius 1 is 1.20 bits per heavy atom. The molecule has 1 N–H and O–H groups in total. The third kappa shape index (κ3) is 2.78. The molecule has 1 amide bonds. The van der Waals surface area contributed by atoms with Crippen LogP contribution in [0.25, 0.3) is 11.3 Å². The molecule has 0 saturated heterocycles. The fourth-order valence-corrected chi connectivity index (χ4v) is 3.23. The quantitative estimate of drug-likeness (QED) is 0.691. The lowest BCUT2D eigenvalue weighted by Crippen LogP contribution is -2.05. The molecule has 126 valence electrons. The summed E-state index contributed by atoms with van der Waals surface area (Å²) in [6, 6.07) is 13.6. The molecular weight excluding hydrogens is 318 g/mol. The predicted octanol–water partition coefficient (Wildman–Crippen LogP) is 3.14. The number of hydrogen-bond donors (Lipinski definition) is 1. The van der Waals surface area contributed by atoms with Crippen molar-refractivity contribution >= 4 is 28.9 Å². The van der Waals surface area contributed by atoms with Crippen molar-refractivity contribution < 1.29 is 19.1 Å². The summed E-state index contributed by atoms with van der Waals surface area (Å²) in [6.07, 6.45) is 0.655. The molecule has 0 atom stereocenters. The number of benzene rings is 2. The highest BCUT2D eigenvalue weighted by Crippen LogP contribution is 2.41. The van der Waals surface area contributed by atoms with Gasteiger partial charge < -0.3 is 14.8 Å². The van der Waals surface area contributed by atoms with Gasteiger partial charge in [0.15, 0.2) is 0 Å². The van der Waals surface area contributed by atoms with Crippen LogP contribution in [0.15, 0.2) is 42.5 Å². The monoisotopic (exact) mass is 335 g/mol. The smallest absolute Gasteiger partial charge is 0.302 e. The number of carbonyl (C=O) groups excluding carboxylic acids is 2. The van der Waals surface area contributed by atoms with Crippen molar-refractivity contribution in [3.63, 3.8) is 0 Å². The van der Waals surface area contributed by atoms with Crippen molar-refractivity contribution in [3.8, 4) is 0 Å². The molecule has 4 rings (SSSR count). The molecule has 0 aromatic heterocycles. The normalized spacial score (nSPS) is 17.6. The van der Waals surface area contributed by atoms with Crippen LogP contribution in [0.3, 0.4) is 0 Å². The molecule has 0 fully saturated rings. The number of carbonyl (C=O) groups is 2. The van der Waals surface area contributed by atoms with E-state index in [9.17, 15) is 9.59 Å². The molecule has 0 bridgehead atoms. The molecule has 25 heavy (non-hydrogen) atoms. The van der Waals surface area contributed by atoms with Crippen LogP contribution in [0.5, 0.6) is 0 Å². The lowest BCUT2D eigenvalue weighted by molar-refractivity contribution is -0.140. The van der Waals surface area contributed by atoms with E-state index in [-0.39, 0.29) is 11.9 Å². The van der Waals surface area contributed by atoms with Gasteiger partial charge in [-0.2, -0.15) is 0 Å². The third-order valence-corrected chi connectivity index (χ3v) is 4.38. The largest absolute Gasteiger partial charge is 0.487 e. The number of amides is 1. The van der Waals surface area contributed by atoms with Crippen molar-refractivity contribution in [2.75, 3.05) is 11.9 Å². The third-order valence-electron chi connectivity index (χ3n) is 4.38. The van der Waals surface area contributed by atoms with E-state index < -0.39 is 0 Å². The van der Waals surface area contributed by atoms with E-state index in [1.165, 1.54) is 6.92 Å². The highest BCUT2D eigenvalue weighted by Gasteiger charge is 2.32. The molecule has 0 unspecified atom stereocenters. The standard InChI is InChI=1S/C20H17NO4/c1-12(22)24-9-8-13-6-7-15-14(10-13)11-25-19(15)18-16-4-2-3-5-17(16)21-20(18)23/h2-7,10H,8-9,11H2,1H3,(H,21,23). The fraction of sp³-hybridized carbons (Fsp3) is 0.200. The van der Waals surface area contributed by atoms with Crippen LogP contribution in [-0.2, 0) is 32.1 Å². The van der Waals surface area contributed by atoms with Gasteiger partial charge in [-0.1, -0.05) is 36.4 Å². The molecule has 2 heterocycles. The molecule has 0 aliphatic carbocycles. The summed E-state index contributed by atoms with van der Waals surface area (Å²) in [7, 11) is 0. The van der Waals surface area contributed by atoms with Gasteiger partial charge in [-0.25, -0.2) is 0 Å². The minimum atomic E-state index is -0.276. The summed E-state index contributed by atoms with van der Waals surface area (Å²) in [5, 5.41) is 2.88. The molecule has 5 nitrogen and oxygen atoms in total. The first-order valence-electron chi connectivity index (χ1n) is 8.17. The first kappa shape index (κ1) is 15.4. The minimum absolute atomic E-state index is 0.136. The van der Waals surface area contributed by atoms with Crippen LogP contribution in [-0.4, -0.2) is 18.5 Å². The van der Waals surface area contributed by atoms with E-state index in [0.717, 1.165) is 27.9 Å². The molecule has 2 aliphatic rings. The molecule has 2 aromatic rings. The van der Waals surface area contributed by atoms with Gasteiger partial charge in [0, 0.05) is 35.7 Å². The summed E-state index contributed by atoms with van der Waals surface area (Å²) < 4.78 is 10.9. The molecule has 5 heteroatoms. The number of esters is 1. The number of para-hydroxylation sites is 1. The van der Waals surface area contributed by atoms with E-state index in [1.54, 1.807) is 0 Å². The van der Waals surface area contributed by atoms with Crippen LogP contribution in [0.4, 0.5) is 5.69 Å². The average Bonchev–Trinajstić information content (AvgIpc) is 3.13. The van der Waals surface area contributed by atoms with Crippen molar-refractivity contribution in [1.82, 2.24) is 0 Å². The van der Waals surface area contributed by atoms with Crippen LogP contribution < -0.4 is 5.32 Å². The zero-order valence-electron chi connectivity index (χ0n) is 13.8. The van der Waals surface area contributed by atoms with Gasteiger partial charge in [-0.3, -0.25) is 9.59 Å². The molecule has 2 aliphatic heterocycles. The highest BCUT2D eigenvalue weighted by atomic mass is 16.5. The SMILES string of the molecule is CC(=O)OCCc1ccc2c(c1)COC2=C1C(=O)Nc2ccccc21. The Morgan fingerprint density at radius 3 is 2.88 bits per heavy atom. The maximum atomic E-state index is 12.4. The molecular formula is C20H17NO4. The van der Waals surface area contributed by atoms with E-state index in [0.29, 0.717) is 31.0 Å². The van der Waals surface area contributed by atoms with Gasteiger partial charge in [0.1, 0.15) is 12.4 Å². The molecule has 0 saturated carbocycles. The van der Waals surface area contributed by atoms with E-state index in [2.05, 4.69) is 5.32 Å². The first-order chi connectivity index (χ1) is 12.1. The van der Waals surface area contributed by atoms with E-state index in [4.69, 9.17) is 9.47 Å². The number of nitrogens with one attached hydrogen (secondary N) is 1. The van der Waals surface area contributed by atoms with E-state index >= 15 is 0 Å². The summed E-state index contributed by atoms with van der Waals surface area (Å²) in [5.74, 6) is 0.217. The first-order valence-corrected chi connectivity index (χ1v) is 8.17. The Hall–Kier alpha value is -3.08. The Balaban J connectivity index is 1.67. The molecule has 0 radical (unpaired) electrons. The van der Waals surface area contributed by atoms with Crippen LogP contribution >= 0.6 is 0 Å². The fourth-order valence-electron chi connectivity index (χ4n) is 3.23. The summed E-state index contributed by atoms with van der Waals surface area (Å²) in [6.45, 7) is 2.20. The zero-order valence-corrected chi connectivity index (χ0v) is 13.8. The van der Waals surface area contributed by atoms with Gasteiger partial charge in [0.2, 0.25) is 0 Å². The van der Waals surface area contributed by atoms with Crippen molar-refractivity contribution in [1.29, 1.82) is 0 Å². The van der Waals surface area contributed by atoms with Gasteiger partial charge in [0.25, 0.3) is 5.91 Å². The predicted molar refractivity (Wildman–Crippen MR) is 93.5 cm³/mol. The van der Waals surface area contributed by atoms with Gasteiger partial charge in [0.05, 0.1) is 12.2 Å². The number of ether oxygens (including phenoxy) is 2. The maximum absolute atomic E-state index is 12.4. The zero-order chi connectivity index (χ0) is 17.4. The Labute approximate surface area is 145 Å². The summed E-state index contributed by atoms with van der Waals surface area (Å²) >= 11 is 0. The van der Waals surface area contributed by atoms with Gasteiger partial charge in [-0.05, 0) is 11.6 Å². The average molecular weight is 335 g/mol. The lowest BCUT2D eigenvalue weighted by Gasteiger charge is -2.06. The topological polar surface area (TPSA) is 64.6 Å². The Kier molecular flexibility index (Phi) is 3.76. The molecule has 0 spiro atoms. The lowest BCUT2D eigenvalue weighted by atomic mass is 9.98. The Morgan fingerprint density at radius 2 is 2.04 bits per heavy atom. The highest BCUT2D eigenvalue weighted by molar-refractivity contribution is 6.36. The number of hydrogen-bond acceptors (Lipinski definition) is 4. The Bertz CT molecular complexity index is 914. The van der Waals surface area contributed by atoms with Crippen LogP contribution in [0.2, 0.25) is 0 Å². The van der Waals surface area contributed by atoms with Gasteiger partial charge in [-0.15, -0.1) is 0 Å². The number of fused-ring (bicyclic) bond motifs is 2. The second-order valence-electron chi connectivity index (χ2n) is 6.07. The summed E-state index contributed by atoms with van der Waals surface area (Å²) in [5.41, 5.74) is 5.32. The minimum Gasteiger partial charge on any atom is -0.487 e. The van der Waals surface area contributed by atoms with Crippen LogP contribution in [0, 0.1) is 0 Å². The number of rotatable bonds is 3. The number of anilines is 1.